The third-order valence-electron chi connectivity index (χ3n) is 5.12. The number of carbonyl (C=O) groups excluding carboxylic acids is 1. The van der Waals surface area contributed by atoms with Crippen LogP contribution in [0.15, 0.2) is 11.6 Å². The molecule has 2 saturated carbocycles. The molecule has 0 bridgehead atoms. The average molecular weight is 279 g/mol. The van der Waals surface area contributed by atoms with Crippen LogP contribution in [0.3, 0.4) is 0 Å². The molecule has 3 nitrogen and oxygen atoms in total. The predicted octanol–water partition coefficient (Wildman–Crippen LogP) is 3.18. The lowest BCUT2D eigenvalue weighted by Crippen LogP contribution is -2.37. The molecule has 2 aliphatic carbocycles. The molecule has 0 aromatic rings. The fourth-order valence-corrected chi connectivity index (χ4v) is 3.54. The van der Waals surface area contributed by atoms with Crippen LogP contribution in [0.25, 0.3) is 0 Å². The van der Waals surface area contributed by atoms with Gasteiger partial charge in [-0.25, -0.2) is 0 Å². The van der Waals surface area contributed by atoms with Crippen molar-refractivity contribution in [2.75, 3.05) is 6.61 Å². The molecule has 0 aliphatic heterocycles. The Balaban J connectivity index is 1.86. The molecule has 0 atom stereocenters. The number of aliphatic hydroxyl groups is 1. The summed E-state index contributed by atoms with van der Waals surface area (Å²) in [5, 5.41) is 12.3. The quantitative estimate of drug-likeness (QED) is 0.780. The summed E-state index contributed by atoms with van der Waals surface area (Å²) in [5.74, 6) is 0.529. The van der Waals surface area contributed by atoms with E-state index in [1.54, 1.807) is 0 Å². The Morgan fingerprint density at radius 3 is 2.60 bits per heavy atom. The van der Waals surface area contributed by atoms with E-state index in [0.717, 1.165) is 32.1 Å². The highest BCUT2D eigenvalue weighted by Gasteiger charge is 2.27. The van der Waals surface area contributed by atoms with Crippen LogP contribution in [0.1, 0.15) is 65.2 Å². The first-order valence-electron chi connectivity index (χ1n) is 8.13. The molecule has 2 fully saturated rings. The van der Waals surface area contributed by atoms with Crippen molar-refractivity contribution in [2.24, 2.45) is 11.3 Å². The fourth-order valence-electron chi connectivity index (χ4n) is 3.54. The molecule has 0 saturated heterocycles. The third-order valence-corrected chi connectivity index (χ3v) is 5.12. The topological polar surface area (TPSA) is 49.3 Å². The minimum atomic E-state index is 0.0856. The number of hydrogen-bond donors (Lipinski definition) is 2. The second kappa shape index (κ2) is 6.75. The van der Waals surface area contributed by atoms with Crippen molar-refractivity contribution in [1.29, 1.82) is 0 Å². The van der Waals surface area contributed by atoms with Gasteiger partial charge < -0.3 is 10.4 Å². The lowest BCUT2D eigenvalue weighted by Gasteiger charge is -2.33. The van der Waals surface area contributed by atoms with Gasteiger partial charge in [0.05, 0.1) is 0 Å². The summed E-state index contributed by atoms with van der Waals surface area (Å²) in [6, 6.07) is 0.300. The summed E-state index contributed by atoms with van der Waals surface area (Å²) in [6.45, 7) is 4.79. The molecule has 0 radical (unpaired) electrons. The number of nitrogens with one attached hydrogen (secondary N) is 1. The van der Waals surface area contributed by atoms with E-state index in [4.69, 9.17) is 5.11 Å². The van der Waals surface area contributed by atoms with Crippen LogP contribution >= 0.6 is 0 Å². The zero-order valence-electron chi connectivity index (χ0n) is 13.0. The van der Waals surface area contributed by atoms with Crippen molar-refractivity contribution in [3.05, 3.63) is 11.6 Å². The van der Waals surface area contributed by atoms with Crippen LogP contribution in [-0.2, 0) is 4.79 Å². The van der Waals surface area contributed by atoms with Gasteiger partial charge in [-0.3, -0.25) is 4.79 Å². The molecular formula is C17H29NO2. The smallest absolute Gasteiger partial charge is 0.244 e. The molecule has 0 aromatic carbocycles. The summed E-state index contributed by atoms with van der Waals surface area (Å²) in [6.07, 6.45) is 10.7. The average Bonchev–Trinajstić information content (AvgIpc) is 2.42. The third kappa shape index (κ3) is 4.08. The standard InChI is InChI=1S/C17H29NO2/c1-17(2)10-4-3-5-14(17)11-16(20)18-15-8-6-13(12-19)7-9-15/h11,13,15,19H,3-10,12H2,1-2H3,(H,18,20). The highest BCUT2D eigenvalue weighted by atomic mass is 16.3. The van der Waals surface area contributed by atoms with Crippen LogP contribution in [-0.4, -0.2) is 23.7 Å². The van der Waals surface area contributed by atoms with Crippen LogP contribution in [0.5, 0.6) is 0 Å². The fraction of sp³-hybridized carbons (Fsp3) is 0.824. The van der Waals surface area contributed by atoms with Crippen molar-refractivity contribution in [3.63, 3.8) is 0 Å². The molecule has 3 heteroatoms. The zero-order chi connectivity index (χ0) is 14.6. The second-order valence-corrected chi connectivity index (χ2v) is 7.17. The van der Waals surface area contributed by atoms with Crippen LogP contribution in [0.4, 0.5) is 0 Å². The van der Waals surface area contributed by atoms with Gasteiger partial charge in [-0.2, -0.15) is 0 Å². The number of hydrogen-bond acceptors (Lipinski definition) is 2. The minimum Gasteiger partial charge on any atom is -0.396 e. The maximum Gasteiger partial charge on any atom is 0.244 e. The first-order valence-corrected chi connectivity index (χ1v) is 8.13. The van der Waals surface area contributed by atoms with Crippen molar-refractivity contribution < 1.29 is 9.90 Å². The van der Waals surface area contributed by atoms with Crippen molar-refractivity contribution in [2.45, 2.75) is 71.3 Å². The molecule has 0 heterocycles. The van der Waals surface area contributed by atoms with Gasteiger partial charge in [0.1, 0.15) is 0 Å². The van der Waals surface area contributed by atoms with E-state index in [-0.39, 0.29) is 11.3 Å². The Kier molecular flexibility index (Phi) is 5.25. The highest BCUT2D eigenvalue weighted by molar-refractivity contribution is 5.88. The maximum atomic E-state index is 12.2. The van der Waals surface area contributed by atoms with Crippen molar-refractivity contribution in [3.8, 4) is 0 Å². The van der Waals surface area contributed by atoms with Crippen LogP contribution in [0.2, 0.25) is 0 Å². The SMILES string of the molecule is CC1(C)CCCCC1=CC(=O)NC1CCC(CO)CC1. The number of rotatable bonds is 3. The van der Waals surface area contributed by atoms with Crippen molar-refractivity contribution in [1.82, 2.24) is 5.32 Å². The van der Waals surface area contributed by atoms with Gasteiger partial charge in [-0.05, 0) is 56.3 Å². The van der Waals surface area contributed by atoms with E-state index in [1.807, 2.05) is 6.08 Å². The first kappa shape index (κ1) is 15.6. The lowest BCUT2D eigenvalue weighted by atomic mass is 9.73. The normalized spacial score (nSPS) is 32.0. The van der Waals surface area contributed by atoms with Crippen LogP contribution < -0.4 is 5.32 Å². The molecule has 1 amide bonds. The monoisotopic (exact) mass is 279 g/mol. The van der Waals surface area contributed by atoms with Gasteiger partial charge in [-0.15, -0.1) is 0 Å². The van der Waals surface area contributed by atoms with Gasteiger partial charge in [0.2, 0.25) is 5.91 Å². The van der Waals surface area contributed by atoms with Gasteiger partial charge >= 0.3 is 0 Å². The van der Waals surface area contributed by atoms with E-state index in [1.165, 1.54) is 24.8 Å². The van der Waals surface area contributed by atoms with Crippen LogP contribution in [0, 0.1) is 11.3 Å². The van der Waals surface area contributed by atoms with E-state index < -0.39 is 0 Å². The van der Waals surface area contributed by atoms with E-state index >= 15 is 0 Å². The molecule has 2 rings (SSSR count). The Morgan fingerprint density at radius 2 is 2.00 bits per heavy atom. The highest BCUT2D eigenvalue weighted by Crippen LogP contribution is 2.39. The summed E-state index contributed by atoms with van der Waals surface area (Å²) >= 11 is 0. The molecule has 2 N–H and O–H groups in total. The van der Waals surface area contributed by atoms with E-state index in [0.29, 0.717) is 18.6 Å². The number of aliphatic hydroxyl groups excluding tert-OH is 1. The second-order valence-electron chi connectivity index (χ2n) is 7.17. The molecule has 0 aromatic heterocycles. The molecule has 2 aliphatic rings. The number of allylic oxidation sites excluding steroid dienone is 1. The Labute approximate surface area is 122 Å². The number of carbonyl (C=O) groups is 1. The molecule has 114 valence electrons. The largest absolute Gasteiger partial charge is 0.396 e. The molecule has 0 unspecified atom stereocenters. The van der Waals surface area contributed by atoms with Crippen molar-refractivity contribution >= 4 is 5.91 Å². The van der Waals surface area contributed by atoms with Gasteiger partial charge in [-0.1, -0.05) is 25.8 Å². The lowest BCUT2D eigenvalue weighted by molar-refractivity contribution is -0.117. The maximum absolute atomic E-state index is 12.2. The molecule has 0 spiro atoms. The predicted molar refractivity (Wildman–Crippen MR) is 81.3 cm³/mol. The summed E-state index contributed by atoms with van der Waals surface area (Å²) in [4.78, 5) is 12.2. The zero-order valence-corrected chi connectivity index (χ0v) is 13.0. The minimum absolute atomic E-state index is 0.0856. The summed E-state index contributed by atoms with van der Waals surface area (Å²) < 4.78 is 0. The summed E-state index contributed by atoms with van der Waals surface area (Å²) in [7, 11) is 0. The van der Waals surface area contributed by atoms with Gasteiger partial charge in [0.15, 0.2) is 0 Å². The Morgan fingerprint density at radius 1 is 1.30 bits per heavy atom. The molecule has 20 heavy (non-hydrogen) atoms. The summed E-state index contributed by atoms with van der Waals surface area (Å²) in [5.41, 5.74) is 1.50. The first-order chi connectivity index (χ1) is 9.51. The van der Waals surface area contributed by atoms with E-state index in [2.05, 4.69) is 19.2 Å². The van der Waals surface area contributed by atoms with Gasteiger partial charge in [0.25, 0.3) is 0 Å². The number of amides is 1. The Hall–Kier alpha value is -0.830. The molecular weight excluding hydrogens is 250 g/mol. The van der Waals surface area contributed by atoms with Gasteiger partial charge in [0, 0.05) is 18.7 Å². The van der Waals surface area contributed by atoms with E-state index in [9.17, 15) is 4.79 Å². The Bertz CT molecular complexity index is 365.